The predicted octanol–water partition coefficient (Wildman–Crippen LogP) is 5.16. The van der Waals surface area contributed by atoms with Gasteiger partial charge in [-0.25, -0.2) is 9.78 Å². The monoisotopic (exact) mass is 406 g/mol. The number of rotatable bonds is 6. The lowest BCUT2D eigenvalue weighted by molar-refractivity contribution is 0.0433. The topological polar surface area (TPSA) is 55.6 Å². The molecule has 7 heteroatoms. The highest BCUT2D eigenvalue weighted by Gasteiger charge is 2.15. The number of halogens is 2. The van der Waals surface area contributed by atoms with E-state index in [1.165, 1.54) is 0 Å². The van der Waals surface area contributed by atoms with Crippen molar-refractivity contribution in [3.63, 3.8) is 0 Å². The molecule has 0 saturated carbocycles. The van der Waals surface area contributed by atoms with Crippen molar-refractivity contribution in [1.29, 1.82) is 0 Å². The molecule has 0 aliphatic rings. The Balaban J connectivity index is 1.78. The van der Waals surface area contributed by atoms with Crippen LogP contribution >= 0.6 is 23.2 Å². The van der Waals surface area contributed by atoms with Gasteiger partial charge in [-0.3, -0.25) is 0 Å². The zero-order valence-corrected chi connectivity index (χ0v) is 16.8. The number of benzene rings is 2. The maximum absolute atomic E-state index is 12.3. The molecular weight excluding hydrogens is 387 g/mol. The van der Waals surface area contributed by atoms with E-state index in [0.717, 1.165) is 6.54 Å². The smallest absolute Gasteiger partial charge is 0.338 e. The fourth-order valence-electron chi connectivity index (χ4n) is 2.83. The molecule has 1 atom stereocenters. The molecule has 1 heterocycles. The Morgan fingerprint density at radius 1 is 1.19 bits per heavy atom. The molecule has 0 aliphatic carbocycles. The van der Waals surface area contributed by atoms with Crippen molar-refractivity contribution in [2.75, 3.05) is 27.2 Å². The molecule has 1 unspecified atom stereocenters. The summed E-state index contributed by atoms with van der Waals surface area (Å²) in [4.78, 5) is 18.8. The maximum atomic E-state index is 12.3. The first-order valence-corrected chi connectivity index (χ1v) is 9.26. The van der Waals surface area contributed by atoms with Gasteiger partial charge >= 0.3 is 5.97 Å². The van der Waals surface area contributed by atoms with Crippen LogP contribution in [0.1, 0.15) is 17.3 Å². The summed E-state index contributed by atoms with van der Waals surface area (Å²) in [6.45, 7) is 3.24. The Labute approximate surface area is 167 Å². The number of oxazole rings is 1. The van der Waals surface area contributed by atoms with Crippen LogP contribution in [0.2, 0.25) is 10.0 Å². The highest BCUT2D eigenvalue weighted by molar-refractivity contribution is 6.35. The molecule has 3 aromatic rings. The van der Waals surface area contributed by atoms with Crippen molar-refractivity contribution in [3.05, 3.63) is 52.0 Å². The lowest BCUT2D eigenvalue weighted by Crippen LogP contribution is -2.24. The van der Waals surface area contributed by atoms with Gasteiger partial charge in [0.2, 0.25) is 5.89 Å². The second-order valence-electron chi connectivity index (χ2n) is 6.83. The Kier molecular flexibility index (Phi) is 6.05. The molecule has 0 fully saturated rings. The zero-order chi connectivity index (χ0) is 19.6. The van der Waals surface area contributed by atoms with Crippen LogP contribution in [0.25, 0.3) is 22.6 Å². The van der Waals surface area contributed by atoms with Crippen LogP contribution in [0.15, 0.2) is 40.8 Å². The summed E-state index contributed by atoms with van der Waals surface area (Å²) >= 11 is 12.1. The van der Waals surface area contributed by atoms with E-state index in [1.807, 2.05) is 21.0 Å². The van der Waals surface area contributed by atoms with E-state index in [9.17, 15) is 4.79 Å². The second kappa shape index (κ2) is 8.30. The van der Waals surface area contributed by atoms with Crippen molar-refractivity contribution in [2.24, 2.45) is 5.92 Å². The van der Waals surface area contributed by atoms with Gasteiger partial charge in [-0.05, 0) is 50.5 Å². The standard InChI is InChI=1S/C20H20Cl2N2O3/c1-12(10-24(2)3)11-26-20(25)13-4-5-17-18(8-13)27-19(23-17)14-6-15(21)9-16(22)7-14/h4-9,12H,10-11H2,1-3H3. The first-order chi connectivity index (χ1) is 12.8. The van der Waals surface area contributed by atoms with E-state index in [4.69, 9.17) is 32.4 Å². The van der Waals surface area contributed by atoms with Gasteiger partial charge in [0.1, 0.15) is 5.52 Å². The fourth-order valence-corrected chi connectivity index (χ4v) is 3.36. The molecule has 3 rings (SSSR count). The van der Waals surface area contributed by atoms with Crippen LogP contribution < -0.4 is 0 Å². The van der Waals surface area contributed by atoms with Gasteiger partial charge in [0.05, 0.1) is 12.2 Å². The largest absolute Gasteiger partial charge is 0.462 e. The summed E-state index contributed by atoms with van der Waals surface area (Å²) in [5.74, 6) is 0.253. The summed E-state index contributed by atoms with van der Waals surface area (Å²) in [5.41, 5.74) is 2.23. The molecule has 2 aromatic carbocycles. The Bertz CT molecular complexity index is 949. The van der Waals surface area contributed by atoms with Gasteiger partial charge in [0, 0.05) is 28.1 Å². The number of hydrogen-bond acceptors (Lipinski definition) is 5. The molecule has 0 N–H and O–H groups in total. The van der Waals surface area contributed by atoms with Crippen LogP contribution in [0.5, 0.6) is 0 Å². The highest BCUT2D eigenvalue weighted by atomic mass is 35.5. The third-order valence-electron chi connectivity index (χ3n) is 3.91. The first kappa shape index (κ1) is 19.7. The number of fused-ring (bicyclic) bond motifs is 1. The van der Waals surface area contributed by atoms with Gasteiger partial charge < -0.3 is 14.1 Å². The van der Waals surface area contributed by atoms with Gasteiger partial charge in [-0.1, -0.05) is 30.1 Å². The Hall–Kier alpha value is -2.08. The van der Waals surface area contributed by atoms with E-state index < -0.39 is 0 Å². The van der Waals surface area contributed by atoms with Gasteiger partial charge in [0.15, 0.2) is 5.58 Å². The maximum Gasteiger partial charge on any atom is 0.338 e. The van der Waals surface area contributed by atoms with Crippen LogP contribution in [0.4, 0.5) is 0 Å². The summed E-state index contributed by atoms with van der Waals surface area (Å²) in [6.07, 6.45) is 0. The van der Waals surface area contributed by atoms with E-state index in [0.29, 0.717) is 44.8 Å². The zero-order valence-electron chi connectivity index (χ0n) is 15.3. The molecule has 27 heavy (non-hydrogen) atoms. The van der Waals surface area contributed by atoms with E-state index in [1.54, 1.807) is 36.4 Å². The highest BCUT2D eigenvalue weighted by Crippen LogP contribution is 2.29. The van der Waals surface area contributed by atoms with Crippen LogP contribution in [-0.2, 0) is 4.74 Å². The molecular formula is C20H20Cl2N2O3. The van der Waals surface area contributed by atoms with E-state index >= 15 is 0 Å². The molecule has 0 bridgehead atoms. The third-order valence-corrected chi connectivity index (χ3v) is 4.35. The number of nitrogens with zero attached hydrogens (tertiary/aromatic N) is 2. The molecule has 0 saturated heterocycles. The van der Waals surface area contributed by atoms with Crippen molar-refractivity contribution in [1.82, 2.24) is 9.88 Å². The molecule has 0 spiro atoms. The van der Waals surface area contributed by atoms with Crippen molar-refractivity contribution in [3.8, 4) is 11.5 Å². The normalized spacial score (nSPS) is 12.5. The van der Waals surface area contributed by atoms with Crippen LogP contribution in [0.3, 0.4) is 0 Å². The van der Waals surface area contributed by atoms with E-state index in [-0.39, 0.29) is 11.9 Å². The number of carbonyl (C=O) groups is 1. The fraction of sp³-hybridized carbons (Fsp3) is 0.300. The molecule has 0 amide bonds. The number of carbonyl (C=O) groups excluding carboxylic acids is 1. The van der Waals surface area contributed by atoms with Crippen molar-refractivity contribution < 1.29 is 13.9 Å². The lowest BCUT2D eigenvalue weighted by Gasteiger charge is -2.16. The average molecular weight is 407 g/mol. The molecule has 142 valence electrons. The number of esters is 1. The predicted molar refractivity (Wildman–Crippen MR) is 107 cm³/mol. The lowest BCUT2D eigenvalue weighted by atomic mass is 10.2. The van der Waals surface area contributed by atoms with Crippen molar-refractivity contribution in [2.45, 2.75) is 6.92 Å². The number of aromatic nitrogens is 1. The minimum absolute atomic E-state index is 0.247. The van der Waals surface area contributed by atoms with Crippen LogP contribution in [-0.4, -0.2) is 43.1 Å². The summed E-state index contributed by atoms with van der Waals surface area (Å²) in [6, 6.07) is 10.1. The SMILES string of the molecule is CC(COC(=O)c1ccc2nc(-c3cc(Cl)cc(Cl)c3)oc2c1)CN(C)C. The Morgan fingerprint density at radius 2 is 1.89 bits per heavy atom. The van der Waals surface area contributed by atoms with Gasteiger partial charge in [-0.15, -0.1) is 0 Å². The minimum Gasteiger partial charge on any atom is -0.462 e. The average Bonchev–Trinajstić information content (AvgIpc) is 3.01. The van der Waals surface area contributed by atoms with Gasteiger partial charge in [-0.2, -0.15) is 0 Å². The van der Waals surface area contributed by atoms with Crippen molar-refractivity contribution >= 4 is 40.3 Å². The molecule has 0 aliphatic heterocycles. The number of ether oxygens (including phenoxy) is 1. The molecule has 1 aromatic heterocycles. The van der Waals surface area contributed by atoms with Gasteiger partial charge in [0.25, 0.3) is 0 Å². The minimum atomic E-state index is -0.383. The summed E-state index contributed by atoms with van der Waals surface area (Å²) < 4.78 is 11.2. The summed E-state index contributed by atoms with van der Waals surface area (Å²) in [7, 11) is 3.97. The van der Waals surface area contributed by atoms with Crippen LogP contribution in [0, 0.1) is 5.92 Å². The number of hydrogen-bond donors (Lipinski definition) is 0. The second-order valence-corrected chi connectivity index (χ2v) is 7.70. The van der Waals surface area contributed by atoms with E-state index in [2.05, 4.69) is 9.88 Å². The molecule has 0 radical (unpaired) electrons. The Morgan fingerprint density at radius 3 is 2.56 bits per heavy atom. The third kappa shape index (κ3) is 5.01. The first-order valence-electron chi connectivity index (χ1n) is 8.50. The summed E-state index contributed by atoms with van der Waals surface area (Å²) in [5, 5.41) is 0.992. The quantitative estimate of drug-likeness (QED) is 0.529. The molecule has 5 nitrogen and oxygen atoms in total.